The molecule has 2 aromatic carbocycles. The highest BCUT2D eigenvalue weighted by atomic mass is 32.2. The summed E-state index contributed by atoms with van der Waals surface area (Å²) in [5, 5.41) is -0.430. The average Bonchev–Trinajstić information content (AvgIpc) is 3.17. The number of piperidine rings is 1. The molecule has 0 unspecified atom stereocenters. The summed E-state index contributed by atoms with van der Waals surface area (Å²) in [5.74, 6) is 0.554. The van der Waals surface area contributed by atoms with Crippen molar-refractivity contribution in [2.45, 2.75) is 46.1 Å². The lowest BCUT2D eigenvalue weighted by Crippen LogP contribution is -2.44. The van der Waals surface area contributed by atoms with Gasteiger partial charge in [0.1, 0.15) is 13.2 Å². The van der Waals surface area contributed by atoms with E-state index in [1.807, 2.05) is 50.2 Å². The zero-order valence-electron chi connectivity index (χ0n) is 22.0. The fraction of sp³-hybridized carbons (Fsp3) is 0.367. The molecule has 2 aliphatic heterocycles. The molecule has 0 radical (unpaired) electrons. The van der Waals surface area contributed by atoms with Gasteiger partial charge in [0.15, 0.2) is 11.5 Å². The van der Waals surface area contributed by atoms with Crippen molar-refractivity contribution in [2.24, 2.45) is 0 Å². The number of carbonyl (C=O) groups excluding carboxylic acids is 3. The first kappa shape index (κ1) is 27.5. The number of benzene rings is 2. The summed E-state index contributed by atoms with van der Waals surface area (Å²) < 4.78 is 12.1. The van der Waals surface area contributed by atoms with Gasteiger partial charge in [-0.25, -0.2) is 0 Å². The summed E-state index contributed by atoms with van der Waals surface area (Å²) in [5.41, 5.74) is 3.80. The van der Waals surface area contributed by atoms with Crippen LogP contribution in [0.2, 0.25) is 0 Å². The number of amides is 3. The maximum Gasteiger partial charge on any atom is 0.294 e. The molecule has 0 spiro atoms. The van der Waals surface area contributed by atoms with Gasteiger partial charge in [-0.15, -0.1) is 6.58 Å². The fourth-order valence-electron chi connectivity index (χ4n) is 4.51. The molecule has 0 N–H and O–H groups in total. The molecule has 2 aliphatic rings. The summed E-state index contributed by atoms with van der Waals surface area (Å²) >= 11 is 0.852. The molecule has 2 aromatic rings. The molecule has 0 aromatic heterocycles. The topological polar surface area (TPSA) is 76.2 Å². The van der Waals surface area contributed by atoms with E-state index in [1.54, 1.807) is 17.1 Å². The van der Waals surface area contributed by atoms with Crippen molar-refractivity contribution in [1.29, 1.82) is 0 Å². The normalized spacial score (nSPS) is 16.7. The van der Waals surface area contributed by atoms with Gasteiger partial charge in [-0.05, 0) is 80.6 Å². The number of thioether (sulfide) groups is 1. The molecule has 2 saturated heterocycles. The lowest BCUT2D eigenvalue weighted by Gasteiger charge is -2.27. The summed E-state index contributed by atoms with van der Waals surface area (Å²) in [6.45, 7) is 9.76. The number of nitrogens with zero attached hydrogens (tertiary/aromatic N) is 2. The third kappa shape index (κ3) is 6.67. The molecule has 2 fully saturated rings. The summed E-state index contributed by atoms with van der Waals surface area (Å²) in [4.78, 5) is 41.5. The van der Waals surface area contributed by atoms with Crippen LogP contribution in [-0.4, -0.2) is 53.1 Å². The monoisotopic (exact) mass is 534 g/mol. The number of hydrogen-bond donors (Lipinski definition) is 0. The SMILES string of the molecule is C=CCc1cc(/C=C2\SC(=O)N(CC(=O)N3CCCCC3)C2=O)cc(OCC)c1OCc1ccc(C)cc1. The maximum atomic E-state index is 13.1. The van der Waals surface area contributed by atoms with Gasteiger partial charge in [0, 0.05) is 18.7 Å². The van der Waals surface area contributed by atoms with Crippen molar-refractivity contribution in [1.82, 2.24) is 9.80 Å². The molecular weight excluding hydrogens is 500 g/mol. The van der Waals surface area contributed by atoms with Gasteiger partial charge in [-0.1, -0.05) is 35.9 Å². The average molecular weight is 535 g/mol. The van der Waals surface area contributed by atoms with Crippen LogP contribution in [0, 0.1) is 6.92 Å². The Morgan fingerprint density at radius 1 is 1.08 bits per heavy atom. The molecule has 0 bridgehead atoms. The third-order valence-corrected chi connectivity index (χ3v) is 7.40. The minimum Gasteiger partial charge on any atom is -0.490 e. The Bertz CT molecular complexity index is 1230. The summed E-state index contributed by atoms with van der Waals surface area (Å²) in [6, 6.07) is 11.9. The molecule has 0 aliphatic carbocycles. The third-order valence-electron chi connectivity index (χ3n) is 6.50. The van der Waals surface area contributed by atoms with Crippen molar-refractivity contribution < 1.29 is 23.9 Å². The second-order valence-corrected chi connectivity index (χ2v) is 10.4. The van der Waals surface area contributed by atoms with Gasteiger partial charge in [0.2, 0.25) is 5.91 Å². The minimum absolute atomic E-state index is 0.185. The van der Waals surface area contributed by atoms with Crippen molar-refractivity contribution in [2.75, 3.05) is 26.2 Å². The number of aryl methyl sites for hydroxylation is 1. The Balaban J connectivity index is 1.56. The highest BCUT2D eigenvalue weighted by Gasteiger charge is 2.37. The number of likely N-dealkylation sites (tertiary alicyclic amines) is 1. The predicted octanol–water partition coefficient (Wildman–Crippen LogP) is 5.75. The summed E-state index contributed by atoms with van der Waals surface area (Å²) in [6.07, 6.45) is 7.00. The van der Waals surface area contributed by atoms with E-state index in [0.717, 1.165) is 47.1 Å². The van der Waals surface area contributed by atoms with Crippen LogP contribution >= 0.6 is 11.8 Å². The fourth-order valence-corrected chi connectivity index (χ4v) is 5.34. The van der Waals surface area contributed by atoms with E-state index in [4.69, 9.17) is 9.47 Å². The zero-order chi connectivity index (χ0) is 27.1. The number of rotatable bonds is 10. The number of allylic oxidation sites excluding steroid dienone is 1. The van der Waals surface area contributed by atoms with Crippen molar-refractivity contribution in [3.05, 3.63) is 76.2 Å². The number of hydrogen-bond acceptors (Lipinski definition) is 6. The van der Waals surface area contributed by atoms with E-state index in [2.05, 4.69) is 6.58 Å². The van der Waals surface area contributed by atoms with Gasteiger partial charge in [0.25, 0.3) is 11.1 Å². The molecule has 4 rings (SSSR count). The van der Waals surface area contributed by atoms with Gasteiger partial charge in [0.05, 0.1) is 11.5 Å². The lowest BCUT2D eigenvalue weighted by molar-refractivity contribution is -0.136. The maximum absolute atomic E-state index is 13.1. The van der Waals surface area contributed by atoms with Crippen molar-refractivity contribution >= 4 is 34.9 Å². The van der Waals surface area contributed by atoms with Crippen LogP contribution in [0.1, 0.15) is 48.4 Å². The first-order valence-corrected chi connectivity index (χ1v) is 13.8. The highest BCUT2D eigenvalue weighted by molar-refractivity contribution is 8.18. The summed E-state index contributed by atoms with van der Waals surface area (Å²) in [7, 11) is 0. The minimum atomic E-state index is -0.451. The van der Waals surface area contributed by atoms with Crippen LogP contribution in [0.3, 0.4) is 0 Å². The molecule has 0 atom stereocenters. The largest absolute Gasteiger partial charge is 0.490 e. The Hall–Kier alpha value is -3.52. The molecular formula is C30H34N2O5S. The standard InChI is InChI=1S/C30H34N2O5S/c1-4-9-24-16-23(17-25(36-5-2)28(24)37-20-22-12-10-21(3)11-13-22)18-26-29(34)32(30(35)38-26)19-27(33)31-14-7-6-8-15-31/h4,10-13,16-18H,1,5-9,14-15,19-20H2,2-3H3/b26-18-. The van der Waals surface area contributed by atoms with Crippen LogP contribution in [0.25, 0.3) is 6.08 Å². The van der Waals surface area contributed by atoms with Gasteiger partial charge >= 0.3 is 0 Å². The van der Waals surface area contributed by atoms with Gasteiger partial charge in [-0.3, -0.25) is 19.3 Å². The van der Waals surface area contributed by atoms with E-state index < -0.39 is 11.1 Å². The van der Waals surface area contributed by atoms with Crippen LogP contribution < -0.4 is 9.47 Å². The van der Waals surface area contributed by atoms with E-state index in [1.165, 1.54) is 5.56 Å². The van der Waals surface area contributed by atoms with E-state index >= 15 is 0 Å². The second-order valence-electron chi connectivity index (χ2n) is 9.42. The quantitative estimate of drug-likeness (QED) is 0.285. The van der Waals surface area contributed by atoms with Crippen LogP contribution in [0.15, 0.2) is 54.0 Å². The van der Waals surface area contributed by atoms with Crippen molar-refractivity contribution in [3.8, 4) is 11.5 Å². The number of ether oxygens (including phenoxy) is 2. The Morgan fingerprint density at radius 3 is 2.50 bits per heavy atom. The smallest absolute Gasteiger partial charge is 0.294 e. The first-order valence-electron chi connectivity index (χ1n) is 13.0. The molecule has 200 valence electrons. The highest BCUT2D eigenvalue weighted by Crippen LogP contribution is 2.38. The van der Waals surface area contributed by atoms with Gasteiger partial charge < -0.3 is 14.4 Å². The van der Waals surface area contributed by atoms with Crippen LogP contribution in [0.4, 0.5) is 4.79 Å². The molecule has 2 heterocycles. The molecule has 0 saturated carbocycles. The molecule has 7 nitrogen and oxygen atoms in total. The second kappa shape index (κ2) is 12.8. The van der Waals surface area contributed by atoms with Crippen LogP contribution in [0.5, 0.6) is 11.5 Å². The number of carbonyl (C=O) groups is 3. The molecule has 3 amide bonds. The predicted molar refractivity (Wildman–Crippen MR) is 150 cm³/mol. The van der Waals surface area contributed by atoms with Crippen molar-refractivity contribution in [3.63, 3.8) is 0 Å². The zero-order valence-corrected chi connectivity index (χ0v) is 22.9. The number of imide groups is 1. The molecule has 38 heavy (non-hydrogen) atoms. The Kier molecular flexibility index (Phi) is 9.29. The van der Waals surface area contributed by atoms with Gasteiger partial charge in [-0.2, -0.15) is 0 Å². The lowest BCUT2D eigenvalue weighted by atomic mass is 10.0. The first-order chi connectivity index (χ1) is 18.4. The van der Waals surface area contributed by atoms with E-state index in [9.17, 15) is 14.4 Å². The van der Waals surface area contributed by atoms with Crippen LogP contribution in [-0.2, 0) is 22.6 Å². The van der Waals surface area contributed by atoms with E-state index in [-0.39, 0.29) is 17.4 Å². The Morgan fingerprint density at radius 2 is 1.82 bits per heavy atom. The molecule has 8 heteroatoms. The van der Waals surface area contributed by atoms with E-state index in [0.29, 0.717) is 49.8 Å². The Labute approximate surface area is 228 Å².